The van der Waals surface area contributed by atoms with Crippen LogP contribution < -0.4 is 0 Å². The van der Waals surface area contributed by atoms with E-state index >= 15 is 0 Å². The molecule has 0 spiro atoms. The van der Waals surface area contributed by atoms with Crippen molar-refractivity contribution >= 4 is 17.0 Å². The lowest BCUT2D eigenvalue weighted by atomic mass is 10.4. The highest BCUT2D eigenvalue weighted by atomic mass is 35.5. The number of rotatable bonds is 0. The third-order valence-electron chi connectivity index (χ3n) is 1.24. The van der Waals surface area contributed by atoms with Crippen molar-refractivity contribution in [3.05, 3.63) is 0 Å². The first-order valence-electron chi connectivity index (χ1n) is 2.76. The minimum atomic E-state index is -0.431. The molecule has 1 aliphatic rings. The van der Waals surface area contributed by atoms with Crippen LogP contribution in [-0.4, -0.2) is 29.6 Å². The molecule has 1 saturated heterocycles. The summed E-state index contributed by atoms with van der Waals surface area (Å²) >= 11 is 5.16. The van der Waals surface area contributed by atoms with Gasteiger partial charge in [-0.1, -0.05) is 0 Å². The van der Waals surface area contributed by atoms with Gasteiger partial charge in [0, 0.05) is 0 Å². The van der Waals surface area contributed by atoms with Gasteiger partial charge in [-0.2, -0.15) is 0 Å². The first kappa shape index (κ1) is 6.83. The fraction of sp³-hybridized carbons (Fsp3) is 0.800. The number of amides is 1. The molecule has 0 bridgehead atoms. The molecule has 0 radical (unpaired) electrons. The molecule has 1 aliphatic heterocycles. The molecule has 9 heavy (non-hydrogen) atoms. The van der Waals surface area contributed by atoms with Gasteiger partial charge in [0.2, 0.25) is 0 Å². The van der Waals surface area contributed by atoms with Crippen LogP contribution >= 0.6 is 11.6 Å². The SMILES string of the molecule is CC1CN(C(=O)Cl)CO1. The molecule has 0 aromatic rings. The van der Waals surface area contributed by atoms with E-state index in [2.05, 4.69) is 0 Å². The summed E-state index contributed by atoms with van der Waals surface area (Å²) in [7, 11) is 0. The van der Waals surface area contributed by atoms with Crippen LogP contribution in [0.5, 0.6) is 0 Å². The van der Waals surface area contributed by atoms with Crippen LogP contribution in [0.25, 0.3) is 0 Å². The molecule has 0 saturated carbocycles. The van der Waals surface area contributed by atoms with Gasteiger partial charge in [-0.3, -0.25) is 4.79 Å². The molecule has 52 valence electrons. The van der Waals surface area contributed by atoms with Gasteiger partial charge in [-0.05, 0) is 18.5 Å². The van der Waals surface area contributed by atoms with Crippen LogP contribution in [0.2, 0.25) is 0 Å². The first-order chi connectivity index (χ1) is 4.20. The van der Waals surface area contributed by atoms with Gasteiger partial charge in [-0.15, -0.1) is 0 Å². The average Bonchev–Trinajstić information content (AvgIpc) is 2.14. The Morgan fingerprint density at radius 1 is 1.89 bits per heavy atom. The molecule has 0 N–H and O–H groups in total. The maximum absolute atomic E-state index is 10.4. The quantitative estimate of drug-likeness (QED) is 0.380. The normalized spacial score (nSPS) is 26.9. The summed E-state index contributed by atoms with van der Waals surface area (Å²) in [5.41, 5.74) is 0. The number of ether oxygens (including phenoxy) is 1. The highest BCUT2D eigenvalue weighted by Crippen LogP contribution is 2.08. The standard InChI is InChI=1S/C5H8ClNO2/c1-4-2-7(3-9-4)5(6)8/h4H,2-3H2,1H3. The second-order valence-corrected chi connectivity index (χ2v) is 2.41. The number of hydrogen-bond donors (Lipinski definition) is 0. The molecular formula is C5H8ClNO2. The summed E-state index contributed by atoms with van der Waals surface area (Å²) in [4.78, 5) is 11.9. The summed E-state index contributed by atoms with van der Waals surface area (Å²) in [6, 6.07) is 0. The average molecular weight is 150 g/mol. The summed E-state index contributed by atoms with van der Waals surface area (Å²) in [5.74, 6) is 0. The highest BCUT2D eigenvalue weighted by molar-refractivity contribution is 6.62. The molecular weight excluding hydrogens is 142 g/mol. The largest absolute Gasteiger partial charge is 0.356 e. The van der Waals surface area contributed by atoms with Crippen LogP contribution in [-0.2, 0) is 4.74 Å². The van der Waals surface area contributed by atoms with Gasteiger partial charge < -0.3 is 9.64 Å². The van der Waals surface area contributed by atoms with E-state index in [1.54, 1.807) is 0 Å². The number of nitrogens with zero attached hydrogens (tertiary/aromatic N) is 1. The van der Waals surface area contributed by atoms with Crippen molar-refractivity contribution in [2.75, 3.05) is 13.3 Å². The smallest absolute Gasteiger partial charge is 0.318 e. The fourth-order valence-corrected chi connectivity index (χ4v) is 0.873. The Labute approximate surface area is 58.5 Å². The predicted octanol–water partition coefficient (Wildman–Crippen LogP) is 1.02. The molecule has 3 nitrogen and oxygen atoms in total. The van der Waals surface area contributed by atoms with Crippen molar-refractivity contribution in [1.29, 1.82) is 0 Å². The monoisotopic (exact) mass is 149 g/mol. The Bertz CT molecular complexity index is 128. The van der Waals surface area contributed by atoms with Gasteiger partial charge >= 0.3 is 5.37 Å². The minimum absolute atomic E-state index is 0.132. The van der Waals surface area contributed by atoms with Gasteiger partial charge in [0.05, 0.1) is 12.6 Å². The molecule has 4 heteroatoms. The zero-order valence-corrected chi connectivity index (χ0v) is 5.89. The van der Waals surface area contributed by atoms with Crippen molar-refractivity contribution in [2.45, 2.75) is 13.0 Å². The Hall–Kier alpha value is -0.280. The first-order valence-corrected chi connectivity index (χ1v) is 3.14. The van der Waals surface area contributed by atoms with E-state index in [0.717, 1.165) is 0 Å². The summed E-state index contributed by atoms with van der Waals surface area (Å²) < 4.78 is 5.05. The lowest BCUT2D eigenvalue weighted by molar-refractivity contribution is 0.108. The molecule has 1 heterocycles. The van der Waals surface area contributed by atoms with Gasteiger partial charge in [-0.25, -0.2) is 0 Å². The van der Waals surface area contributed by atoms with Crippen LogP contribution in [0, 0.1) is 0 Å². The molecule has 1 fully saturated rings. The van der Waals surface area contributed by atoms with Crippen molar-refractivity contribution in [3.63, 3.8) is 0 Å². The second kappa shape index (κ2) is 2.54. The van der Waals surface area contributed by atoms with E-state index in [1.807, 2.05) is 6.92 Å². The molecule has 1 amide bonds. The third kappa shape index (κ3) is 1.56. The van der Waals surface area contributed by atoms with E-state index < -0.39 is 5.37 Å². The van der Waals surface area contributed by atoms with E-state index in [4.69, 9.17) is 16.3 Å². The molecule has 1 atom stereocenters. The van der Waals surface area contributed by atoms with Gasteiger partial charge in [0.15, 0.2) is 0 Å². The Balaban J connectivity index is 2.39. The lowest BCUT2D eigenvalue weighted by Gasteiger charge is -2.06. The second-order valence-electron chi connectivity index (χ2n) is 2.08. The number of hydrogen-bond acceptors (Lipinski definition) is 2. The van der Waals surface area contributed by atoms with Crippen LogP contribution in [0.4, 0.5) is 4.79 Å². The van der Waals surface area contributed by atoms with E-state index in [-0.39, 0.29) is 6.10 Å². The van der Waals surface area contributed by atoms with Gasteiger partial charge in [0.1, 0.15) is 6.73 Å². The van der Waals surface area contributed by atoms with Crippen molar-refractivity contribution < 1.29 is 9.53 Å². The topological polar surface area (TPSA) is 29.5 Å². The van der Waals surface area contributed by atoms with E-state index in [1.165, 1.54) is 4.90 Å². The number of carbonyl (C=O) groups is 1. The van der Waals surface area contributed by atoms with Crippen molar-refractivity contribution in [1.82, 2.24) is 4.90 Å². The minimum Gasteiger partial charge on any atom is -0.356 e. The van der Waals surface area contributed by atoms with Crippen LogP contribution in [0.15, 0.2) is 0 Å². The lowest BCUT2D eigenvalue weighted by Crippen LogP contribution is -2.23. The molecule has 0 aliphatic carbocycles. The Morgan fingerprint density at radius 2 is 2.56 bits per heavy atom. The van der Waals surface area contributed by atoms with E-state index in [9.17, 15) is 4.79 Å². The van der Waals surface area contributed by atoms with Crippen molar-refractivity contribution in [3.8, 4) is 0 Å². The zero-order valence-electron chi connectivity index (χ0n) is 5.13. The van der Waals surface area contributed by atoms with Gasteiger partial charge in [0.25, 0.3) is 0 Å². The summed E-state index contributed by atoms with van der Waals surface area (Å²) in [5, 5.41) is -0.431. The van der Waals surface area contributed by atoms with Crippen molar-refractivity contribution in [2.24, 2.45) is 0 Å². The Morgan fingerprint density at radius 3 is 2.78 bits per heavy atom. The Kier molecular flexibility index (Phi) is 1.93. The number of halogens is 1. The summed E-state index contributed by atoms with van der Waals surface area (Å²) in [6.45, 7) is 2.85. The molecule has 0 aromatic carbocycles. The maximum Gasteiger partial charge on any atom is 0.318 e. The maximum atomic E-state index is 10.4. The molecule has 0 aromatic heterocycles. The molecule has 1 rings (SSSR count). The zero-order chi connectivity index (χ0) is 6.85. The molecule has 1 unspecified atom stereocenters. The highest BCUT2D eigenvalue weighted by Gasteiger charge is 2.21. The third-order valence-corrected chi connectivity index (χ3v) is 1.48. The van der Waals surface area contributed by atoms with E-state index in [0.29, 0.717) is 13.3 Å². The fourth-order valence-electron chi connectivity index (χ4n) is 0.756. The number of carbonyl (C=O) groups excluding carboxylic acids is 1. The van der Waals surface area contributed by atoms with Crippen LogP contribution in [0.3, 0.4) is 0 Å². The summed E-state index contributed by atoms with van der Waals surface area (Å²) in [6.07, 6.45) is 0.132. The van der Waals surface area contributed by atoms with Crippen LogP contribution in [0.1, 0.15) is 6.92 Å². The predicted molar refractivity (Wildman–Crippen MR) is 33.4 cm³/mol.